The predicted octanol–water partition coefficient (Wildman–Crippen LogP) is 5.65. The van der Waals surface area contributed by atoms with E-state index in [-0.39, 0.29) is 11.9 Å². The van der Waals surface area contributed by atoms with Crippen LogP contribution in [-0.2, 0) is 11.2 Å². The Morgan fingerprint density at radius 3 is 2.67 bits per heavy atom. The van der Waals surface area contributed by atoms with Gasteiger partial charge in [0.2, 0.25) is 5.91 Å². The molecule has 1 aromatic heterocycles. The van der Waals surface area contributed by atoms with E-state index in [4.69, 9.17) is 0 Å². The summed E-state index contributed by atoms with van der Waals surface area (Å²) in [5.74, 6) is 0.0942. The van der Waals surface area contributed by atoms with Crippen LogP contribution in [0.25, 0.3) is 21.0 Å². The van der Waals surface area contributed by atoms with Gasteiger partial charge in [-0.05, 0) is 54.3 Å². The molecule has 1 atom stereocenters. The van der Waals surface area contributed by atoms with Gasteiger partial charge in [0, 0.05) is 6.42 Å². The van der Waals surface area contributed by atoms with E-state index in [2.05, 4.69) is 46.7 Å². The summed E-state index contributed by atoms with van der Waals surface area (Å²) < 4.78 is 1.21. The van der Waals surface area contributed by atoms with Crippen LogP contribution in [0.15, 0.2) is 66.7 Å². The number of carbonyl (C=O) groups excluding carboxylic acids is 1. The predicted molar refractivity (Wildman–Crippen MR) is 113 cm³/mol. The Kier molecular flexibility index (Phi) is 5.16. The monoisotopic (exact) mass is 374 g/mol. The fourth-order valence-electron chi connectivity index (χ4n) is 3.30. The number of thiazole rings is 1. The fourth-order valence-corrected chi connectivity index (χ4v) is 4.31. The zero-order chi connectivity index (χ0) is 18.6. The Hall–Kier alpha value is -2.72. The maximum Gasteiger partial charge on any atom is 0.220 e. The lowest BCUT2D eigenvalue weighted by atomic mass is 10.0. The van der Waals surface area contributed by atoms with Crippen molar-refractivity contribution in [1.29, 1.82) is 0 Å². The molecule has 27 heavy (non-hydrogen) atoms. The summed E-state index contributed by atoms with van der Waals surface area (Å²) in [4.78, 5) is 17.0. The van der Waals surface area contributed by atoms with Crippen molar-refractivity contribution in [3.05, 3.63) is 77.3 Å². The van der Waals surface area contributed by atoms with Crippen molar-refractivity contribution in [2.24, 2.45) is 0 Å². The van der Waals surface area contributed by atoms with E-state index in [0.29, 0.717) is 6.42 Å². The van der Waals surface area contributed by atoms with Gasteiger partial charge in [-0.2, -0.15) is 0 Å². The molecule has 0 aliphatic heterocycles. The molecular formula is C23H22N2OS. The Labute approximate surface area is 163 Å². The second-order valence-corrected chi connectivity index (χ2v) is 7.94. The van der Waals surface area contributed by atoms with E-state index in [1.54, 1.807) is 11.3 Å². The molecule has 0 bridgehead atoms. The minimum atomic E-state index is 0.00422. The number of nitrogens with zero attached hydrogens (tertiary/aromatic N) is 1. The minimum absolute atomic E-state index is 0.00422. The highest BCUT2D eigenvalue weighted by atomic mass is 32.1. The molecule has 136 valence electrons. The first-order chi connectivity index (χ1) is 13.2. The summed E-state index contributed by atoms with van der Waals surface area (Å²) in [6.07, 6.45) is 2.18. The number of nitrogens with one attached hydrogen (secondary N) is 1. The highest BCUT2D eigenvalue weighted by Crippen LogP contribution is 2.23. The van der Waals surface area contributed by atoms with E-state index < -0.39 is 0 Å². The molecule has 4 heteroatoms. The summed E-state index contributed by atoms with van der Waals surface area (Å²) in [6.45, 7) is 2.04. The quantitative estimate of drug-likeness (QED) is 0.474. The van der Waals surface area contributed by atoms with Crippen LogP contribution < -0.4 is 5.32 Å². The molecule has 3 aromatic carbocycles. The Balaban J connectivity index is 1.31. The number of fused-ring (bicyclic) bond motifs is 2. The zero-order valence-electron chi connectivity index (χ0n) is 15.3. The maximum absolute atomic E-state index is 12.3. The molecule has 0 fully saturated rings. The average molecular weight is 375 g/mol. The van der Waals surface area contributed by atoms with Crippen molar-refractivity contribution < 1.29 is 4.79 Å². The van der Waals surface area contributed by atoms with Crippen molar-refractivity contribution in [3.8, 4) is 0 Å². The normalized spacial score (nSPS) is 12.3. The van der Waals surface area contributed by atoms with Crippen LogP contribution in [0.5, 0.6) is 0 Å². The Bertz CT molecular complexity index is 1050. The van der Waals surface area contributed by atoms with Crippen LogP contribution >= 0.6 is 11.3 Å². The van der Waals surface area contributed by atoms with Crippen molar-refractivity contribution in [3.63, 3.8) is 0 Å². The summed E-state index contributed by atoms with van der Waals surface area (Å²) in [7, 11) is 0. The zero-order valence-corrected chi connectivity index (χ0v) is 16.1. The molecule has 0 saturated carbocycles. The lowest BCUT2D eigenvalue weighted by Crippen LogP contribution is -2.26. The standard InChI is InChI=1S/C23H22N2OS/c1-16(18-14-13-17-7-2-3-8-19(17)15-18)24-22(26)11-6-12-23-25-20-9-4-5-10-21(20)27-23/h2-5,7-10,13-16H,6,11-12H2,1H3,(H,24,26). The summed E-state index contributed by atoms with van der Waals surface area (Å²) >= 11 is 1.72. The third kappa shape index (κ3) is 4.17. The van der Waals surface area contributed by atoms with Gasteiger partial charge in [-0.25, -0.2) is 4.98 Å². The van der Waals surface area contributed by atoms with E-state index in [1.165, 1.54) is 15.5 Å². The first kappa shape index (κ1) is 17.7. The second kappa shape index (κ2) is 7.89. The van der Waals surface area contributed by atoms with Crippen LogP contribution in [-0.4, -0.2) is 10.9 Å². The SMILES string of the molecule is CC(NC(=O)CCCc1nc2ccccc2s1)c1ccc2ccccc2c1. The number of amides is 1. The first-order valence-corrected chi connectivity index (χ1v) is 10.1. The summed E-state index contributed by atoms with van der Waals surface area (Å²) in [6, 6.07) is 22.8. The number of hydrogen-bond acceptors (Lipinski definition) is 3. The minimum Gasteiger partial charge on any atom is -0.350 e. The number of para-hydroxylation sites is 1. The second-order valence-electron chi connectivity index (χ2n) is 6.82. The van der Waals surface area contributed by atoms with Gasteiger partial charge in [0.05, 0.1) is 21.3 Å². The number of aromatic nitrogens is 1. The molecule has 4 aromatic rings. The molecule has 1 amide bonds. The van der Waals surface area contributed by atoms with Gasteiger partial charge in [-0.3, -0.25) is 4.79 Å². The Morgan fingerprint density at radius 1 is 1.04 bits per heavy atom. The third-order valence-corrected chi connectivity index (χ3v) is 5.88. The molecule has 1 heterocycles. The first-order valence-electron chi connectivity index (χ1n) is 9.31. The lowest BCUT2D eigenvalue weighted by molar-refractivity contribution is -0.121. The third-order valence-electron chi connectivity index (χ3n) is 4.78. The lowest BCUT2D eigenvalue weighted by Gasteiger charge is -2.15. The van der Waals surface area contributed by atoms with E-state index in [0.717, 1.165) is 28.9 Å². The van der Waals surface area contributed by atoms with E-state index in [1.807, 2.05) is 37.3 Å². The molecule has 0 spiro atoms. The smallest absolute Gasteiger partial charge is 0.220 e. The molecule has 0 aliphatic rings. The van der Waals surface area contributed by atoms with Crippen molar-refractivity contribution >= 4 is 38.2 Å². The number of rotatable bonds is 6. The van der Waals surface area contributed by atoms with Crippen LogP contribution in [0.1, 0.15) is 36.4 Å². The van der Waals surface area contributed by atoms with Gasteiger partial charge in [0.15, 0.2) is 0 Å². The summed E-state index contributed by atoms with van der Waals surface area (Å²) in [5, 5.41) is 6.64. The molecule has 0 radical (unpaired) electrons. The molecular weight excluding hydrogens is 352 g/mol. The van der Waals surface area contributed by atoms with Gasteiger partial charge in [-0.1, -0.05) is 48.5 Å². The van der Waals surface area contributed by atoms with E-state index >= 15 is 0 Å². The van der Waals surface area contributed by atoms with Gasteiger partial charge < -0.3 is 5.32 Å². The highest BCUT2D eigenvalue weighted by Gasteiger charge is 2.11. The van der Waals surface area contributed by atoms with Gasteiger partial charge in [0.25, 0.3) is 0 Å². The molecule has 4 rings (SSSR count). The summed E-state index contributed by atoms with van der Waals surface area (Å²) in [5.41, 5.74) is 2.18. The number of hydrogen-bond donors (Lipinski definition) is 1. The fraction of sp³-hybridized carbons (Fsp3) is 0.217. The van der Waals surface area contributed by atoms with Crippen LogP contribution in [0, 0.1) is 0 Å². The topological polar surface area (TPSA) is 42.0 Å². The van der Waals surface area contributed by atoms with Crippen molar-refractivity contribution in [2.45, 2.75) is 32.2 Å². The Morgan fingerprint density at radius 2 is 1.81 bits per heavy atom. The molecule has 0 aliphatic carbocycles. The largest absolute Gasteiger partial charge is 0.350 e. The van der Waals surface area contributed by atoms with Crippen LogP contribution in [0.2, 0.25) is 0 Å². The number of carbonyl (C=O) groups is 1. The van der Waals surface area contributed by atoms with E-state index in [9.17, 15) is 4.79 Å². The average Bonchev–Trinajstić information content (AvgIpc) is 3.10. The molecule has 3 nitrogen and oxygen atoms in total. The number of benzene rings is 3. The van der Waals surface area contributed by atoms with Crippen molar-refractivity contribution in [2.75, 3.05) is 0 Å². The highest BCUT2D eigenvalue weighted by molar-refractivity contribution is 7.18. The van der Waals surface area contributed by atoms with Gasteiger partial charge in [0.1, 0.15) is 0 Å². The van der Waals surface area contributed by atoms with Crippen molar-refractivity contribution in [1.82, 2.24) is 10.3 Å². The molecule has 1 unspecified atom stereocenters. The van der Waals surface area contributed by atoms with Crippen LogP contribution in [0.3, 0.4) is 0 Å². The van der Waals surface area contributed by atoms with Gasteiger partial charge in [-0.15, -0.1) is 11.3 Å². The molecule has 0 saturated heterocycles. The maximum atomic E-state index is 12.3. The van der Waals surface area contributed by atoms with Crippen LogP contribution in [0.4, 0.5) is 0 Å². The molecule has 1 N–H and O–H groups in total. The van der Waals surface area contributed by atoms with Gasteiger partial charge >= 0.3 is 0 Å². The number of aryl methyl sites for hydroxylation is 1.